The zero-order chi connectivity index (χ0) is 16.0. The van der Waals surface area contributed by atoms with E-state index in [1.165, 1.54) is 10.4 Å². The average molecular weight is 343 g/mol. The summed E-state index contributed by atoms with van der Waals surface area (Å²) >= 11 is 1.55. The molecule has 23 heavy (non-hydrogen) atoms. The smallest absolute Gasteiger partial charge is 0.243 e. The van der Waals surface area contributed by atoms with Gasteiger partial charge in [-0.05, 0) is 37.8 Å². The molecule has 0 bridgehead atoms. The molecule has 1 aromatic rings. The predicted molar refractivity (Wildman–Crippen MR) is 85.4 cm³/mol. The van der Waals surface area contributed by atoms with Gasteiger partial charge in [-0.15, -0.1) is 11.3 Å². The number of likely N-dealkylation sites (tertiary alicyclic amines) is 1. The summed E-state index contributed by atoms with van der Waals surface area (Å²) in [6.07, 6.45) is 0.354. The highest BCUT2D eigenvalue weighted by molar-refractivity contribution is 7.12. The summed E-state index contributed by atoms with van der Waals surface area (Å²) < 4.78 is 37.0. The molecule has 0 saturated carbocycles. The Balaban J connectivity index is 1.57. The topological polar surface area (TPSA) is 21.7 Å². The molecule has 4 heterocycles. The first-order valence-corrected chi connectivity index (χ1v) is 9.27. The molecule has 0 radical (unpaired) electrons. The van der Waals surface area contributed by atoms with Gasteiger partial charge in [-0.1, -0.05) is 0 Å². The number of halogens is 2. The van der Waals surface area contributed by atoms with E-state index in [2.05, 4.69) is 11.8 Å². The van der Waals surface area contributed by atoms with Crippen LogP contribution >= 0.6 is 11.3 Å². The SMILES string of the molecule is C[C@H]1C[C@@]2(CCN1C1COC1)OCCc1cc(CC(F)F)sc12. The van der Waals surface area contributed by atoms with Gasteiger partial charge in [-0.2, -0.15) is 0 Å². The van der Waals surface area contributed by atoms with Gasteiger partial charge in [-0.3, -0.25) is 4.90 Å². The normalized spacial score (nSPS) is 32.3. The maximum absolute atomic E-state index is 12.7. The molecule has 0 aromatic carbocycles. The Morgan fingerprint density at radius 1 is 1.43 bits per heavy atom. The molecule has 1 aromatic heterocycles. The van der Waals surface area contributed by atoms with Gasteiger partial charge in [0.1, 0.15) is 5.60 Å². The van der Waals surface area contributed by atoms with E-state index >= 15 is 0 Å². The van der Waals surface area contributed by atoms with E-state index in [0.29, 0.717) is 18.7 Å². The number of thiophene rings is 1. The zero-order valence-electron chi connectivity index (χ0n) is 13.4. The largest absolute Gasteiger partial charge is 0.378 e. The lowest BCUT2D eigenvalue weighted by Gasteiger charge is -2.50. The van der Waals surface area contributed by atoms with Crippen LogP contribution in [-0.2, 0) is 27.9 Å². The molecule has 3 aliphatic rings. The van der Waals surface area contributed by atoms with Crippen molar-refractivity contribution in [2.24, 2.45) is 0 Å². The first-order valence-electron chi connectivity index (χ1n) is 8.45. The molecule has 0 unspecified atom stereocenters. The Bertz CT molecular complexity index is 575. The Morgan fingerprint density at radius 2 is 2.26 bits per heavy atom. The van der Waals surface area contributed by atoms with Crippen LogP contribution in [0.2, 0.25) is 0 Å². The molecule has 3 nitrogen and oxygen atoms in total. The fourth-order valence-electron chi connectivity index (χ4n) is 4.25. The second kappa shape index (κ2) is 6.06. The van der Waals surface area contributed by atoms with E-state index in [9.17, 15) is 8.78 Å². The van der Waals surface area contributed by atoms with E-state index < -0.39 is 6.43 Å². The lowest BCUT2D eigenvalue weighted by molar-refractivity contribution is -0.145. The van der Waals surface area contributed by atoms with Crippen molar-refractivity contribution in [3.05, 3.63) is 21.4 Å². The van der Waals surface area contributed by atoms with Crippen LogP contribution in [0.25, 0.3) is 0 Å². The number of nitrogens with zero attached hydrogens (tertiary/aromatic N) is 1. The lowest BCUT2D eigenvalue weighted by Crippen LogP contribution is -2.58. The average Bonchev–Trinajstić information content (AvgIpc) is 2.83. The first-order chi connectivity index (χ1) is 11.1. The van der Waals surface area contributed by atoms with Crippen molar-refractivity contribution in [2.75, 3.05) is 26.4 Å². The second-order valence-electron chi connectivity index (χ2n) is 6.99. The molecule has 1 spiro atoms. The summed E-state index contributed by atoms with van der Waals surface area (Å²) in [5.74, 6) is 0. The molecule has 128 valence electrons. The predicted octanol–water partition coefficient (Wildman–Crippen LogP) is 3.21. The number of ether oxygens (including phenoxy) is 2. The highest BCUT2D eigenvalue weighted by Gasteiger charge is 2.46. The van der Waals surface area contributed by atoms with E-state index in [1.54, 1.807) is 11.3 Å². The summed E-state index contributed by atoms with van der Waals surface area (Å²) in [5.41, 5.74) is 0.989. The fraction of sp³-hybridized carbons (Fsp3) is 0.765. The number of rotatable bonds is 3. The summed E-state index contributed by atoms with van der Waals surface area (Å²) in [6, 6.07) is 2.97. The number of hydrogen-bond donors (Lipinski definition) is 0. The van der Waals surface area contributed by atoms with Crippen LogP contribution in [0.3, 0.4) is 0 Å². The van der Waals surface area contributed by atoms with Gasteiger partial charge in [0.15, 0.2) is 0 Å². The number of hydrogen-bond acceptors (Lipinski definition) is 4. The van der Waals surface area contributed by atoms with Crippen molar-refractivity contribution in [3.8, 4) is 0 Å². The van der Waals surface area contributed by atoms with Crippen molar-refractivity contribution in [1.29, 1.82) is 0 Å². The third-order valence-electron chi connectivity index (χ3n) is 5.43. The van der Waals surface area contributed by atoms with E-state index in [1.807, 2.05) is 6.07 Å². The van der Waals surface area contributed by atoms with Crippen LogP contribution < -0.4 is 0 Å². The van der Waals surface area contributed by atoms with Crippen LogP contribution in [0.5, 0.6) is 0 Å². The van der Waals surface area contributed by atoms with Gasteiger partial charge in [0.2, 0.25) is 6.43 Å². The van der Waals surface area contributed by atoms with Crippen LogP contribution in [0, 0.1) is 0 Å². The molecule has 3 aliphatic heterocycles. The van der Waals surface area contributed by atoms with Crippen molar-refractivity contribution in [1.82, 2.24) is 4.90 Å². The molecule has 0 N–H and O–H groups in total. The van der Waals surface area contributed by atoms with Gasteiger partial charge in [0, 0.05) is 28.8 Å². The first kappa shape index (κ1) is 15.9. The molecule has 2 saturated heterocycles. The van der Waals surface area contributed by atoms with E-state index in [0.717, 1.165) is 43.9 Å². The van der Waals surface area contributed by atoms with Gasteiger partial charge in [0.25, 0.3) is 0 Å². The maximum Gasteiger partial charge on any atom is 0.243 e. The molecule has 0 aliphatic carbocycles. The summed E-state index contributed by atoms with van der Waals surface area (Å²) in [7, 11) is 0. The minimum atomic E-state index is -2.27. The Hall–Kier alpha value is -0.560. The van der Waals surface area contributed by atoms with Gasteiger partial charge < -0.3 is 9.47 Å². The molecular weight excluding hydrogens is 320 g/mol. The van der Waals surface area contributed by atoms with Crippen molar-refractivity contribution in [2.45, 2.75) is 56.7 Å². The molecule has 2 atom stereocenters. The summed E-state index contributed by atoms with van der Waals surface area (Å²) in [5, 5.41) is 0. The Labute approximate surface area is 139 Å². The molecule has 6 heteroatoms. The number of piperidine rings is 1. The van der Waals surface area contributed by atoms with Gasteiger partial charge in [-0.25, -0.2) is 8.78 Å². The lowest BCUT2D eigenvalue weighted by atomic mass is 9.81. The minimum absolute atomic E-state index is 0.130. The fourth-order valence-corrected chi connectivity index (χ4v) is 5.65. The third-order valence-corrected chi connectivity index (χ3v) is 6.82. The summed E-state index contributed by atoms with van der Waals surface area (Å²) in [6.45, 7) is 5.63. The van der Waals surface area contributed by atoms with Crippen molar-refractivity contribution < 1.29 is 18.3 Å². The van der Waals surface area contributed by atoms with Gasteiger partial charge >= 0.3 is 0 Å². The minimum Gasteiger partial charge on any atom is -0.378 e. The highest BCUT2D eigenvalue weighted by atomic mass is 32.1. The standard InChI is InChI=1S/C17H23F2NO2S/c1-11-8-17(3-4-20(11)13-9-21-10-13)16-12(2-5-22-17)6-14(23-16)7-15(18)19/h6,11,13,15H,2-5,7-10H2,1H3/t11-,17+/m0/s1. The third kappa shape index (κ3) is 2.84. The van der Waals surface area contributed by atoms with Crippen LogP contribution in [0.15, 0.2) is 6.07 Å². The van der Waals surface area contributed by atoms with Gasteiger partial charge in [0.05, 0.1) is 25.9 Å². The summed E-state index contributed by atoms with van der Waals surface area (Å²) in [4.78, 5) is 4.55. The second-order valence-corrected chi connectivity index (χ2v) is 8.12. The van der Waals surface area contributed by atoms with Crippen LogP contribution in [-0.4, -0.2) is 49.8 Å². The maximum atomic E-state index is 12.7. The van der Waals surface area contributed by atoms with E-state index in [4.69, 9.17) is 9.47 Å². The molecule has 2 fully saturated rings. The van der Waals surface area contributed by atoms with Crippen molar-refractivity contribution >= 4 is 11.3 Å². The zero-order valence-corrected chi connectivity index (χ0v) is 14.2. The number of fused-ring (bicyclic) bond motifs is 2. The molecule has 0 amide bonds. The van der Waals surface area contributed by atoms with Crippen LogP contribution in [0.1, 0.15) is 35.1 Å². The molecule has 4 rings (SSSR count). The Kier molecular flexibility index (Phi) is 4.20. The van der Waals surface area contributed by atoms with E-state index in [-0.39, 0.29) is 12.0 Å². The molecular formula is C17H23F2NO2S. The van der Waals surface area contributed by atoms with Crippen molar-refractivity contribution in [3.63, 3.8) is 0 Å². The quantitative estimate of drug-likeness (QED) is 0.841. The number of alkyl halides is 2. The monoisotopic (exact) mass is 343 g/mol. The van der Waals surface area contributed by atoms with Crippen LogP contribution in [0.4, 0.5) is 8.78 Å². The highest BCUT2D eigenvalue weighted by Crippen LogP contribution is 2.47. The Morgan fingerprint density at radius 3 is 2.91 bits per heavy atom.